The van der Waals surface area contributed by atoms with Crippen molar-refractivity contribution in [1.29, 1.82) is 0 Å². The maximum atomic E-state index is 5.76. The first-order valence-electron chi connectivity index (χ1n) is 6.77. The van der Waals surface area contributed by atoms with Gasteiger partial charge in [-0.3, -0.25) is 4.68 Å². The zero-order valence-electron chi connectivity index (χ0n) is 13.0. The normalized spacial score (nSPS) is 10.5. The van der Waals surface area contributed by atoms with Crippen LogP contribution in [0.3, 0.4) is 0 Å². The number of ether oxygens (including phenoxy) is 2. The summed E-state index contributed by atoms with van der Waals surface area (Å²) < 4.78 is 12.6. The molecule has 0 saturated carbocycles. The van der Waals surface area contributed by atoms with Crippen LogP contribution in [-0.4, -0.2) is 38.4 Å². The summed E-state index contributed by atoms with van der Waals surface area (Å²) in [6, 6.07) is 0.387. The van der Waals surface area contributed by atoms with Crippen LogP contribution < -0.4 is 14.8 Å². The Kier molecular flexibility index (Phi) is 4.56. The number of methoxy groups -OCH3 is 1. The van der Waals surface area contributed by atoms with E-state index in [0.29, 0.717) is 11.7 Å². The average molecular weight is 292 g/mol. The Morgan fingerprint density at radius 3 is 2.43 bits per heavy atom. The van der Waals surface area contributed by atoms with E-state index in [1.54, 1.807) is 4.68 Å². The molecule has 2 heterocycles. The highest BCUT2D eigenvalue weighted by molar-refractivity contribution is 5.35. The molecule has 0 aliphatic heterocycles. The number of anilines is 1. The van der Waals surface area contributed by atoms with Gasteiger partial charge >= 0.3 is 12.0 Å². The highest BCUT2D eigenvalue weighted by Crippen LogP contribution is 2.26. The molecule has 0 aromatic carbocycles. The Labute approximate surface area is 123 Å². The maximum absolute atomic E-state index is 5.76. The van der Waals surface area contributed by atoms with Crippen molar-refractivity contribution in [2.24, 2.45) is 7.05 Å². The van der Waals surface area contributed by atoms with E-state index in [1.807, 2.05) is 20.9 Å². The molecule has 2 aromatic heterocycles. The van der Waals surface area contributed by atoms with E-state index in [0.717, 1.165) is 24.4 Å². The topological polar surface area (TPSA) is 87.0 Å². The van der Waals surface area contributed by atoms with Gasteiger partial charge in [0.2, 0.25) is 5.95 Å². The Morgan fingerprint density at radius 2 is 1.86 bits per heavy atom. The third kappa shape index (κ3) is 3.39. The predicted octanol–water partition coefficient (Wildman–Crippen LogP) is 1.84. The van der Waals surface area contributed by atoms with Crippen LogP contribution in [0.5, 0.6) is 17.8 Å². The van der Waals surface area contributed by atoms with Crippen molar-refractivity contribution < 1.29 is 9.47 Å². The number of hydrogen-bond donors (Lipinski definition) is 1. The highest BCUT2D eigenvalue weighted by atomic mass is 16.5. The van der Waals surface area contributed by atoms with Gasteiger partial charge in [-0.15, -0.1) is 4.98 Å². The molecule has 0 atom stereocenters. The van der Waals surface area contributed by atoms with Gasteiger partial charge in [-0.05, 0) is 20.3 Å². The van der Waals surface area contributed by atoms with Crippen molar-refractivity contribution in [3.05, 3.63) is 11.4 Å². The summed E-state index contributed by atoms with van der Waals surface area (Å²) in [4.78, 5) is 12.5. The summed E-state index contributed by atoms with van der Waals surface area (Å²) in [7, 11) is 3.36. The van der Waals surface area contributed by atoms with E-state index >= 15 is 0 Å². The van der Waals surface area contributed by atoms with Gasteiger partial charge in [0.1, 0.15) is 5.69 Å². The third-order valence-electron chi connectivity index (χ3n) is 2.95. The molecule has 0 amide bonds. The summed E-state index contributed by atoms with van der Waals surface area (Å²) >= 11 is 0. The number of rotatable bonds is 6. The van der Waals surface area contributed by atoms with Gasteiger partial charge in [0.15, 0.2) is 5.75 Å². The molecule has 0 saturated heterocycles. The molecule has 0 spiro atoms. The van der Waals surface area contributed by atoms with E-state index in [1.165, 1.54) is 7.11 Å². The minimum atomic E-state index is 0.180. The molecule has 0 fully saturated rings. The van der Waals surface area contributed by atoms with Gasteiger partial charge in [-0.1, -0.05) is 6.92 Å². The zero-order valence-corrected chi connectivity index (χ0v) is 13.0. The third-order valence-corrected chi connectivity index (χ3v) is 2.95. The molecule has 1 N–H and O–H groups in total. The first-order valence-corrected chi connectivity index (χ1v) is 6.77. The molecule has 8 heteroatoms. The van der Waals surface area contributed by atoms with Crippen molar-refractivity contribution in [1.82, 2.24) is 24.7 Å². The number of nitrogens with one attached hydrogen (secondary N) is 1. The second-order valence-corrected chi connectivity index (χ2v) is 4.58. The van der Waals surface area contributed by atoms with E-state index in [-0.39, 0.29) is 12.0 Å². The Bertz CT molecular complexity index is 625. The van der Waals surface area contributed by atoms with Crippen molar-refractivity contribution in [2.75, 3.05) is 19.0 Å². The lowest BCUT2D eigenvalue weighted by Crippen LogP contribution is -2.07. The second kappa shape index (κ2) is 6.38. The fourth-order valence-corrected chi connectivity index (χ4v) is 1.78. The fourth-order valence-electron chi connectivity index (χ4n) is 1.78. The van der Waals surface area contributed by atoms with Crippen LogP contribution in [0, 0.1) is 13.8 Å². The van der Waals surface area contributed by atoms with Crippen LogP contribution in [0.25, 0.3) is 0 Å². The molecule has 114 valence electrons. The highest BCUT2D eigenvalue weighted by Gasteiger charge is 2.15. The zero-order chi connectivity index (χ0) is 15.4. The monoisotopic (exact) mass is 292 g/mol. The minimum Gasteiger partial charge on any atom is -0.467 e. The van der Waals surface area contributed by atoms with E-state index in [4.69, 9.17) is 9.47 Å². The lowest BCUT2D eigenvalue weighted by atomic mass is 10.3. The van der Waals surface area contributed by atoms with Crippen LogP contribution in [0.4, 0.5) is 5.95 Å². The SMILES string of the molecule is CCCNc1nc(OC)nc(Oc2c(C)nn(C)c2C)n1. The molecule has 0 bridgehead atoms. The van der Waals surface area contributed by atoms with Gasteiger partial charge in [0, 0.05) is 13.6 Å². The van der Waals surface area contributed by atoms with Gasteiger partial charge in [-0.25, -0.2) is 0 Å². The first kappa shape index (κ1) is 15.0. The van der Waals surface area contributed by atoms with Gasteiger partial charge in [0.25, 0.3) is 0 Å². The van der Waals surface area contributed by atoms with Gasteiger partial charge in [-0.2, -0.15) is 15.1 Å². The van der Waals surface area contributed by atoms with E-state index < -0.39 is 0 Å². The first-order chi connectivity index (χ1) is 10.0. The van der Waals surface area contributed by atoms with E-state index in [2.05, 4.69) is 32.3 Å². The summed E-state index contributed by atoms with van der Waals surface area (Å²) in [5.41, 5.74) is 1.67. The second-order valence-electron chi connectivity index (χ2n) is 4.58. The minimum absolute atomic E-state index is 0.180. The number of nitrogens with zero attached hydrogens (tertiary/aromatic N) is 5. The Hall–Kier alpha value is -2.38. The standard InChI is InChI=1S/C13H20N6O2/c1-6-7-14-11-15-12(20-5)17-13(16-11)21-10-8(2)18-19(4)9(10)3/h6-7H2,1-5H3,(H,14,15,16,17). The van der Waals surface area contributed by atoms with Crippen LogP contribution >= 0.6 is 0 Å². The lowest BCUT2D eigenvalue weighted by Gasteiger charge is -2.08. The average Bonchev–Trinajstić information content (AvgIpc) is 2.71. The molecule has 0 aliphatic rings. The largest absolute Gasteiger partial charge is 0.467 e. The molecule has 0 radical (unpaired) electrons. The summed E-state index contributed by atoms with van der Waals surface area (Å²) in [6.07, 6.45) is 0.963. The molecule has 2 aromatic rings. The molecule has 8 nitrogen and oxygen atoms in total. The maximum Gasteiger partial charge on any atom is 0.330 e. The molecular formula is C13H20N6O2. The predicted molar refractivity (Wildman–Crippen MR) is 77.9 cm³/mol. The molecule has 2 rings (SSSR count). The van der Waals surface area contributed by atoms with Gasteiger partial charge < -0.3 is 14.8 Å². The van der Waals surface area contributed by atoms with Gasteiger partial charge in [0.05, 0.1) is 12.8 Å². The van der Waals surface area contributed by atoms with Crippen molar-refractivity contribution in [3.63, 3.8) is 0 Å². The smallest absolute Gasteiger partial charge is 0.330 e. The quantitative estimate of drug-likeness (QED) is 0.869. The lowest BCUT2D eigenvalue weighted by molar-refractivity contribution is 0.359. The van der Waals surface area contributed by atoms with Crippen LogP contribution in [-0.2, 0) is 7.05 Å². The molecule has 21 heavy (non-hydrogen) atoms. The molecule has 0 aliphatic carbocycles. The van der Waals surface area contributed by atoms with Crippen LogP contribution in [0.1, 0.15) is 24.7 Å². The van der Waals surface area contributed by atoms with Crippen LogP contribution in [0.2, 0.25) is 0 Å². The van der Waals surface area contributed by atoms with E-state index in [9.17, 15) is 0 Å². The fraction of sp³-hybridized carbons (Fsp3) is 0.538. The van der Waals surface area contributed by atoms with Crippen molar-refractivity contribution in [2.45, 2.75) is 27.2 Å². The van der Waals surface area contributed by atoms with Crippen molar-refractivity contribution >= 4 is 5.95 Å². The summed E-state index contributed by atoms with van der Waals surface area (Å²) in [5.74, 6) is 1.07. The summed E-state index contributed by atoms with van der Waals surface area (Å²) in [6.45, 7) is 6.61. The van der Waals surface area contributed by atoms with Crippen molar-refractivity contribution in [3.8, 4) is 17.8 Å². The number of aryl methyl sites for hydroxylation is 2. The molecular weight excluding hydrogens is 272 g/mol. The number of hydrogen-bond acceptors (Lipinski definition) is 7. The van der Waals surface area contributed by atoms with Crippen LogP contribution in [0.15, 0.2) is 0 Å². The summed E-state index contributed by atoms with van der Waals surface area (Å²) in [5, 5.41) is 7.38. The Morgan fingerprint density at radius 1 is 1.14 bits per heavy atom. The number of aromatic nitrogens is 5. The Balaban J connectivity index is 2.30. The molecule has 0 unspecified atom stereocenters.